The van der Waals surface area contributed by atoms with E-state index in [1.807, 2.05) is 0 Å². The Balaban J connectivity index is 2.54. The minimum atomic E-state index is -0.192. The summed E-state index contributed by atoms with van der Waals surface area (Å²) in [5, 5.41) is 0. The van der Waals surface area contributed by atoms with E-state index in [1.54, 1.807) is 0 Å². The molecule has 0 spiro atoms. The molecule has 13 heavy (non-hydrogen) atoms. The molecule has 1 rings (SSSR count). The number of rotatable bonds is 4. The number of amides is 1. The van der Waals surface area contributed by atoms with Gasteiger partial charge in [0, 0.05) is 6.61 Å². The molecular weight excluding hydrogens is 169 g/mol. The monoisotopic (exact) mass is 181 g/mol. The van der Waals surface area contributed by atoms with E-state index in [-0.39, 0.29) is 24.8 Å². The first kappa shape index (κ1) is 10.2. The van der Waals surface area contributed by atoms with Crippen LogP contribution in [0.1, 0.15) is 6.42 Å². The molecule has 0 saturated carbocycles. The standard InChI is InChI=1S/C8H12BNO3/c9-5-8(12)10(2-3-11)7-1-4-13-6-7/h3,7H,1-2,4-6H2. The van der Waals surface area contributed by atoms with Gasteiger partial charge in [-0.05, 0) is 12.7 Å². The van der Waals surface area contributed by atoms with Gasteiger partial charge >= 0.3 is 0 Å². The summed E-state index contributed by atoms with van der Waals surface area (Å²) in [6.45, 7) is 1.28. The van der Waals surface area contributed by atoms with Crippen LogP contribution in [0.3, 0.4) is 0 Å². The molecule has 1 aliphatic heterocycles. The number of aldehydes is 1. The molecule has 1 fully saturated rings. The minimum Gasteiger partial charge on any atom is -0.379 e. The average molecular weight is 181 g/mol. The molecule has 1 saturated heterocycles. The van der Waals surface area contributed by atoms with E-state index in [0.29, 0.717) is 19.5 Å². The zero-order valence-electron chi connectivity index (χ0n) is 7.44. The van der Waals surface area contributed by atoms with Crippen LogP contribution in [0.25, 0.3) is 0 Å². The van der Waals surface area contributed by atoms with Crippen LogP contribution in [0.4, 0.5) is 0 Å². The summed E-state index contributed by atoms with van der Waals surface area (Å²) in [6, 6.07) is 0.0289. The highest BCUT2D eigenvalue weighted by Crippen LogP contribution is 2.12. The maximum atomic E-state index is 11.3. The van der Waals surface area contributed by atoms with Gasteiger partial charge in [-0.1, -0.05) is 0 Å². The molecule has 2 radical (unpaired) electrons. The van der Waals surface area contributed by atoms with Gasteiger partial charge in [-0.3, -0.25) is 4.79 Å². The third-order valence-corrected chi connectivity index (χ3v) is 2.11. The summed E-state index contributed by atoms with van der Waals surface area (Å²) in [6.07, 6.45) is 1.45. The van der Waals surface area contributed by atoms with Gasteiger partial charge in [0.25, 0.3) is 0 Å². The van der Waals surface area contributed by atoms with E-state index in [2.05, 4.69) is 0 Å². The molecule has 1 atom stereocenters. The third kappa shape index (κ3) is 2.55. The summed E-state index contributed by atoms with van der Waals surface area (Å²) in [5.41, 5.74) is 0. The number of carbonyl (C=O) groups is 2. The summed E-state index contributed by atoms with van der Waals surface area (Å²) < 4.78 is 5.13. The lowest BCUT2D eigenvalue weighted by Gasteiger charge is -2.25. The first-order valence-corrected chi connectivity index (χ1v) is 4.30. The first-order valence-electron chi connectivity index (χ1n) is 4.30. The fourth-order valence-corrected chi connectivity index (χ4v) is 1.42. The quantitative estimate of drug-likeness (QED) is 0.429. The number of hydrogen-bond acceptors (Lipinski definition) is 3. The molecule has 1 unspecified atom stereocenters. The van der Waals surface area contributed by atoms with Crippen LogP contribution >= 0.6 is 0 Å². The van der Waals surface area contributed by atoms with E-state index >= 15 is 0 Å². The molecule has 0 aliphatic carbocycles. The van der Waals surface area contributed by atoms with Gasteiger partial charge in [-0.25, -0.2) is 0 Å². The molecule has 70 valence electrons. The Kier molecular flexibility index (Phi) is 3.95. The highest BCUT2D eigenvalue weighted by molar-refractivity contribution is 6.19. The lowest BCUT2D eigenvalue weighted by atomic mass is 10.0. The highest BCUT2D eigenvalue weighted by Gasteiger charge is 2.25. The highest BCUT2D eigenvalue weighted by atomic mass is 16.5. The van der Waals surface area contributed by atoms with Crippen molar-refractivity contribution in [3.05, 3.63) is 0 Å². The molecule has 1 heterocycles. The van der Waals surface area contributed by atoms with Crippen molar-refractivity contribution in [1.82, 2.24) is 4.90 Å². The van der Waals surface area contributed by atoms with Crippen LogP contribution in [-0.2, 0) is 14.3 Å². The maximum Gasteiger partial charge on any atom is 0.214 e. The Morgan fingerprint density at radius 1 is 1.69 bits per heavy atom. The molecule has 0 N–H and O–H groups in total. The van der Waals surface area contributed by atoms with Crippen LogP contribution in [0.5, 0.6) is 0 Å². The van der Waals surface area contributed by atoms with Crippen LogP contribution in [0, 0.1) is 0 Å². The SMILES string of the molecule is [B]CC(=O)N(CC=O)C1CCOC1. The van der Waals surface area contributed by atoms with Crippen molar-refractivity contribution < 1.29 is 14.3 Å². The predicted molar refractivity (Wildman–Crippen MR) is 47.6 cm³/mol. The Bertz CT molecular complexity index is 192. The second-order valence-electron chi connectivity index (χ2n) is 2.93. The van der Waals surface area contributed by atoms with Crippen LogP contribution in [-0.4, -0.2) is 50.7 Å². The zero-order valence-corrected chi connectivity index (χ0v) is 7.44. The first-order chi connectivity index (χ1) is 6.29. The summed E-state index contributed by atoms with van der Waals surface area (Å²) in [5.74, 6) is -0.192. The van der Waals surface area contributed by atoms with Gasteiger partial charge < -0.3 is 14.4 Å². The van der Waals surface area contributed by atoms with Crippen molar-refractivity contribution in [2.24, 2.45) is 0 Å². The maximum absolute atomic E-state index is 11.3. The molecule has 0 aromatic heterocycles. The molecular formula is C8H12BNO3. The van der Waals surface area contributed by atoms with E-state index in [4.69, 9.17) is 12.6 Å². The normalized spacial score (nSPS) is 21.4. The average Bonchev–Trinajstić information content (AvgIpc) is 2.65. The minimum absolute atomic E-state index is 0.0289. The van der Waals surface area contributed by atoms with E-state index in [1.165, 1.54) is 4.90 Å². The number of ether oxygens (including phenoxy) is 1. The molecule has 0 aromatic rings. The lowest BCUT2D eigenvalue weighted by molar-refractivity contribution is -0.133. The van der Waals surface area contributed by atoms with Crippen LogP contribution < -0.4 is 0 Å². The van der Waals surface area contributed by atoms with Crippen molar-refractivity contribution in [3.8, 4) is 0 Å². The fourth-order valence-electron chi connectivity index (χ4n) is 1.42. The summed E-state index contributed by atoms with van der Waals surface area (Å²) in [4.78, 5) is 23.1. The van der Waals surface area contributed by atoms with E-state index < -0.39 is 0 Å². The smallest absolute Gasteiger partial charge is 0.214 e. The van der Waals surface area contributed by atoms with Gasteiger partial charge in [0.15, 0.2) is 0 Å². The molecule has 0 aromatic carbocycles. The van der Waals surface area contributed by atoms with Crippen LogP contribution in [0.15, 0.2) is 0 Å². The van der Waals surface area contributed by atoms with Gasteiger partial charge in [0.1, 0.15) is 6.29 Å². The number of carbonyl (C=O) groups excluding carboxylic acids is 2. The van der Waals surface area contributed by atoms with Gasteiger partial charge in [-0.15, -0.1) is 0 Å². The lowest BCUT2D eigenvalue weighted by Crippen LogP contribution is -2.41. The Morgan fingerprint density at radius 2 is 2.46 bits per heavy atom. The van der Waals surface area contributed by atoms with Crippen molar-refractivity contribution in [2.75, 3.05) is 19.8 Å². The molecule has 1 amide bonds. The molecule has 4 nitrogen and oxygen atoms in total. The van der Waals surface area contributed by atoms with Crippen molar-refractivity contribution in [1.29, 1.82) is 0 Å². The Morgan fingerprint density at radius 3 is 2.92 bits per heavy atom. The Hall–Kier alpha value is -0.835. The zero-order chi connectivity index (χ0) is 9.68. The van der Waals surface area contributed by atoms with Crippen molar-refractivity contribution >= 4 is 20.0 Å². The molecule has 0 bridgehead atoms. The van der Waals surface area contributed by atoms with E-state index in [9.17, 15) is 9.59 Å². The van der Waals surface area contributed by atoms with Gasteiger partial charge in [0.05, 0.1) is 27.0 Å². The topological polar surface area (TPSA) is 46.6 Å². The van der Waals surface area contributed by atoms with Gasteiger partial charge in [0.2, 0.25) is 5.91 Å². The number of nitrogens with zero attached hydrogens (tertiary/aromatic N) is 1. The largest absolute Gasteiger partial charge is 0.379 e. The fraction of sp³-hybridized carbons (Fsp3) is 0.750. The Labute approximate surface area is 78.6 Å². The predicted octanol–water partition coefficient (Wildman–Crippen LogP) is -0.610. The van der Waals surface area contributed by atoms with Gasteiger partial charge in [-0.2, -0.15) is 0 Å². The number of hydrogen-bond donors (Lipinski definition) is 0. The van der Waals surface area contributed by atoms with Crippen LogP contribution in [0.2, 0.25) is 6.32 Å². The summed E-state index contributed by atoms with van der Waals surface area (Å²) >= 11 is 0. The second kappa shape index (κ2) is 5.02. The second-order valence-corrected chi connectivity index (χ2v) is 2.93. The molecule has 5 heteroatoms. The summed E-state index contributed by atoms with van der Waals surface area (Å²) in [7, 11) is 5.22. The van der Waals surface area contributed by atoms with Crippen molar-refractivity contribution in [3.63, 3.8) is 0 Å². The third-order valence-electron chi connectivity index (χ3n) is 2.11. The van der Waals surface area contributed by atoms with E-state index in [0.717, 1.165) is 6.42 Å². The van der Waals surface area contributed by atoms with Crippen molar-refractivity contribution in [2.45, 2.75) is 18.8 Å². The molecule has 1 aliphatic rings.